The van der Waals surface area contributed by atoms with E-state index in [-0.39, 0.29) is 0 Å². The van der Waals surface area contributed by atoms with Gasteiger partial charge >= 0.3 is 5.97 Å². The predicted octanol–water partition coefficient (Wildman–Crippen LogP) is 3.40. The Kier molecular flexibility index (Phi) is 6.04. The molecule has 3 rings (SSSR count). The van der Waals surface area contributed by atoms with Crippen LogP contribution in [0.1, 0.15) is 32.0 Å². The Morgan fingerprint density at radius 3 is 2.34 bits per heavy atom. The van der Waals surface area contributed by atoms with Crippen molar-refractivity contribution in [2.75, 3.05) is 5.32 Å². The maximum absolute atomic E-state index is 12.7. The van der Waals surface area contributed by atoms with Crippen LogP contribution in [0.15, 0.2) is 54.6 Å². The van der Waals surface area contributed by atoms with Crippen molar-refractivity contribution in [1.29, 1.82) is 0 Å². The van der Waals surface area contributed by atoms with Crippen LogP contribution in [0.25, 0.3) is 11.3 Å². The number of primary amides is 1. The Labute approximate surface area is 171 Å². The van der Waals surface area contributed by atoms with Gasteiger partial charge in [0.15, 0.2) is 6.10 Å². The van der Waals surface area contributed by atoms with Gasteiger partial charge in [-0.3, -0.25) is 9.59 Å². The predicted molar refractivity (Wildman–Crippen MR) is 111 cm³/mol. The molecule has 29 heavy (non-hydrogen) atoms. The van der Waals surface area contributed by atoms with E-state index in [2.05, 4.69) is 10.3 Å². The van der Waals surface area contributed by atoms with Gasteiger partial charge in [-0.1, -0.05) is 30.3 Å². The maximum atomic E-state index is 12.7. The van der Waals surface area contributed by atoms with Crippen LogP contribution in [0, 0.1) is 6.92 Å². The Hall–Kier alpha value is -3.52. The van der Waals surface area contributed by atoms with E-state index in [1.54, 1.807) is 19.1 Å². The number of carbonyl (C=O) groups excluding carboxylic acids is 3. The fourth-order valence-corrected chi connectivity index (χ4v) is 3.41. The van der Waals surface area contributed by atoms with Gasteiger partial charge in [-0.05, 0) is 38.1 Å². The second-order valence-electron chi connectivity index (χ2n) is 6.26. The number of hydrogen-bond acceptors (Lipinski definition) is 6. The van der Waals surface area contributed by atoms with Crippen LogP contribution in [0.5, 0.6) is 0 Å². The van der Waals surface area contributed by atoms with Crippen molar-refractivity contribution in [3.8, 4) is 11.3 Å². The smallest absolute Gasteiger partial charge is 0.351 e. The molecular formula is C21H19N3O4S. The van der Waals surface area contributed by atoms with E-state index < -0.39 is 23.9 Å². The number of amides is 2. The molecule has 1 heterocycles. The first-order chi connectivity index (χ1) is 13.8. The number of anilines is 1. The molecule has 3 N–H and O–H groups in total. The standard InChI is InChI=1S/C21H19N3O4S/c1-12(20(26)24-16-10-8-15(9-11-16)19(22)25)28-21(27)18-17(23-13(2)29-18)14-6-4-3-5-7-14/h3-12H,1-2H3,(H2,22,25)(H,24,26)/t12-/m0/s1. The average molecular weight is 409 g/mol. The molecule has 148 valence electrons. The van der Waals surface area contributed by atoms with Crippen molar-refractivity contribution >= 4 is 34.8 Å². The lowest BCUT2D eigenvalue weighted by atomic mass is 10.1. The van der Waals surface area contributed by atoms with Crippen LogP contribution >= 0.6 is 11.3 Å². The highest BCUT2D eigenvalue weighted by molar-refractivity contribution is 7.14. The van der Waals surface area contributed by atoms with Gasteiger partial charge in [0, 0.05) is 16.8 Å². The summed E-state index contributed by atoms with van der Waals surface area (Å²) in [5.74, 6) is -1.66. The van der Waals surface area contributed by atoms with Crippen molar-refractivity contribution < 1.29 is 19.1 Å². The molecular weight excluding hydrogens is 390 g/mol. The van der Waals surface area contributed by atoms with E-state index in [0.29, 0.717) is 21.8 Å². The molecule has 0 aliphatic rings. The zero-order chi connectivity index (χ0) is 21.0. The molecule has 0 bridgehead atoms. The molecule has 0 fully saturated rings. The number of hydrogen-bond donors (Lipinski definition) is 2. The number of aromatic nitrogens is 1. The maximum Gasteiger partial charge on any atom is 0.351 e. The third kappa shape index (κ3) is 4.85. The Balaban J connectivity index is 1.69. The number of thiazole rings is 1. The van der Waals surface area contributed by atoms with Gasteiger partial charge in [-0.2, -0.15) is 0 Å². The minimum Gasteiger partial charge on any atom is -0.448 e. The fourth-order valence-electron chi connectivity index (χ4n) is 2.59. The molecule has 3 aromatic rings. The van der Waals surface area contributed by atoms with Gasteiger partial charge in [0.25, 0.3) is 5.91 Å². The second-order valence-corrected chi connectivity index (χ2v) is 7.46. The molecule has 0 radical (unpaired) electrons. The van der Waals surface area contributed by atoms with E-state index >= 15 is 0 Å². The number of nitrogens with one attached hydrogen (secondary N) is 1. The van der Waals surface area contributed by atoms with E-state index in [1.807, 2.05) is 30.3 Å². The van der Waals surface area contributed by atoms with Crippen LogP contribution in [0.2, 0.25) is 0 Å². The van der Waals surface area contributed by atoms with E-state index in [1.165, 1.54) is 30.4 Å². The summed E-state index contributed by atoms with van der Waals surface area (Å²) in [5.41, 5.74) is 7.32. The summed E-state index contributed by atoms with van der Waals surface area (Å²) in [6, 6.07) is 15.4. The minimum atomic E-state index is -1.02. The minimum absolute atomic E-state index is 0.330. The van der Waals surface area contributed by atoms with Crippen LogP contribution in [-0.4, -0.2) is 28.9 Å². The fraction of sp³-hybridized carbons (Fsp3) is 0.143. The lowest BCUT2D eigenvalue weighted by Crippen LogP contribution is -2.30. The number of esters is 1. The van der Waals surface area contributed by atoms with Crippen LogP contribution in [-0.2, 0) is 9.53 Å². The highest BCUT2D eigenvalue weighted by Gasteiger charge is 2.24. The molecule has 0 aliphatic heterocycles. The summed E-state index contributed by atoms with van der Waals surface area (Å²) in [5, 5.41) is 3.36. The number of nitrogens with zero attached hydrogens (tertiary/aromatic N) is 1. The number of nitrogens with two attached hydrogens (primary N) is 1. The SMILES string of the molecule is Cc1nc(-c2ccccc2)c(C(=O)O[C@@H](C)C(=O)Nc2ccc(C(N)=O)cc2)s1. The first-order valence-electron chi connectivity index (χ1n) is 8.79. The van der Waals surface area contributed by atoms with Crippen molar-refractivity contribution in [1.82, 2.24) is 4.98 Å². The van der Waals surface area contributed by atoms with Crippen LogP contribution < -0.4 is 11.1 Å². The lowest BCUT2D eigenvalue weighted by molar-refractivity contribution is -0.123. The highest BCUT2D eigenvalue weighted by Crippen LogP contribution is 2.29. The molecule has 0 saturated carbocycles. The van der Waals surface area contributed by atoms with Gasteiger partial charge in [0.05, 0.1) is 10.7 Å². The second kappa shape index (κ2) is 8.66. The van der Waals surface area contributed by atoms with Crippen molar-refractivity contribution in [3.05, 3.63) is 70.0 Å². The summed E-state index contributed by atoms with van der Waals surface area (Å²) >= 11 is 1.22. The molecule has 0 spiro atoms. The van der Waals surface area contributed by atoms with Gasteiger partial charge < -0.3 is 15.8 Å². The Morgan fingerprint density at radius 2 is 1.72 bits per heavy atom. The number of rotatable bonds is 6. The summed E-state index contributed by atoms with van der Waals surface area (Å²) in [7, 11) is 0. The molecule has 0 aliphatic carbocycles. The Morgan fingerprint density at radius 1 is 1.07 bits per heavy atom. The molecule has 1 aromatic heterocycles. The first-order valence-corrected chi connectivity index (χ1v) is 9.61. The zero-order valence-corrected chi connectivity index (χ0v) is 16.7. The summed E-state index contributed by atoms with van der Waals surface area (Å²) in [6.45, 7) is 3.29. The lowest BCUT2D eigenvalue weighted by Gasteiger charge is -2.13. The molecule has 8 heteroatoms. The van der Waals surface area contributed by atoms with Crippen molar-refractivity contribution in [2.24, 2.45) is 5.73 Å². The van der Waals surface area contributed by atoms with Crippen LogP contribution in [0.4, 0.5) is 5.69 Å². The zero-order valence-electron chi connectivity index (χ0n) is 15.8. The molecule has 0 unspecified atom stereocenters. The highest BCUT2D eigenvalue weighted by atomic mass is 32.1. The number of benzene rings is 2. The van der Waals surface area contributed by atoms with E-state index in [0.717, 1.165) is 10.6 Å². The monoisotopic (exact) mass is 409 g/mol. The Bertz CT molecular complexity index is 1050. The quantitative estimate of drug-likeness (QED) is 0.606. The number of carbonyl (C=O) groups is 3. The molecule has 2 amide bonds. The third-order valence-corrected chi connectivity index (χ3v) is 5.01. The van der Waals surface area contributed by atoms with E-state index in [9.17, 15) is 14.4 Å². The summed E-state index contributed by atoms with van der Waals surface area (Å²) in [6.07, 6.45) is -1.02. The normalized spacial score (nSPS) is 11.5. The van der Waals surface area contributed by atoms with Gasteiger partial charge in [0.2, 0.25) is 5.91 Å². The van der Waals surface area contributed by atoms with Gasteiger partial charge in [0.1, 0.15) is 4.88 Å². The summed E-state index contributed by atoms with van der Waals surface area (Å²) in [4.78, 5) is 40.9. The number of aryl methyl sites for hydroxylation is 1. The van der Waals surface area contributed by atoms with Crippen molar-refractivity contribution in [3.63, 3.8) is 0 Å². The third-order valence-electron chi connectivity index (χ3n) is 4.06. The molecule has 7 nitrogen and oxygen atoms in total. The average Bonchev–Trinajstić information content (AvgIpc) is 3.11. The first kappa shape index (κ1) is 20.2. The van der Waals surface area contributed by atoms with Crippen LogP contribution in [0.3, 0.4) is 0 Å². The van der Waals surface area contributed by atoms with E-state index in [4.69, 9.17) is 10.5 Å². The molecule has 0 saturated heterocycles. The van der Waals surface area contributed by atoms with Gasteiger partial charge in [-0.15, -0.1) is 11.3 Å². The molecule has 2 aromatic carbocycles. The summed E-state index contributed by atoms with van der Waals surface area (Å²) < 4.78 is 5.35. The largest absolute Gasteiger partial charge is 0.448 e. The van der Waals surface area contributed by atoms with Gasteiger partial charge in [-0.25, -0.2) is 9.78 Å². The topological polar surface area (TPSA) is 111 Å². The van der Waals surface area contributed by atoms with Crippen molar-refractivity contribution in [2.45, 2.75) is 20.0 Å². The number of ether oxygens (including phenoxy) is 1. The molecule has 1 atom stereocenters.